The first kappa shape index (κ1) is 25.4. The highest BCUT2D eigenvalue weighted by Crippen LogP contribution is 2.38. The highest BCUT2D eigenvalue weighted by atomic mass is 32.1. The molecule has 0 aliphatic carbocycles. The van der Waals surface area contributed by atoms with Crippen LogP contribution in [0.5, 0.6) is 5.88 Å². The number of thiazole rings is 1. The number of hydrogen-bond donors (Lipinski definition) is 2. The average molecular weight is 522 g/mol. The number of amides is 3. The van der Waals surface area contributed by atoms with Gasteiger partial charge in [0.25, 0.3) is 5.91 Å². The molecule has 3 heterocycles. The molecular formula is C23H22F3N5O4S. The molecule has 1 fully saturated rings. The van der Waals surface area contributed by atoms with E-state index in [9.17, 15) is 27.6 Å². The monoisotopic (exact) mass is 521 g/mol. The van der Waals surface area contributed by atoms with Gasteiger partial charge in [0.2, 0.25) is 5.88 Å². The van der Waals surface area contributed by atoms with Gasteiger partial charge >= 0.3 is 18.0 Å². The summed E-state index contributed by atoms with van der Waals surface area (Å²) < 4.78 is 44.6. The largest absolute Gasteiger partial charge is 0.480 e. The maximum atomic E-state index is 13.2. The van der Waals surface area contributed by atoms with Crippen LogP contribution >= 0.6 is 11.3 Å². The third-order valence-corrected chi connectivity index (χ3v) is 6.96. The van der Waals surface area contributed by atoms with Gasteiger partial charge < -0.3 is 20.7 Å². The molecule has 2 aromatic heterocycles. The summed E-state index contributed by atoms with van der Waals surface area (Å²) in [4.78, 5) is 46.7. The highest BCUT2D eigenvalue weighted by molar-refractivity contribution is 7.18. The van der Waals surface area contributed by atoms with E-state index in [4.69, 9.17) is 10.5 Å². The second-order valence-corrected chi connectivity index (χ2v) is 9.53. The number of halogens is 3. The fourth-order valence-corrected chi connectivity index (χ4v) is 4.98. The molecule has 1 aliphatic heterocycles. The summed E-state index contributed by atoms with van der Waals surface area (Å²) in [6.45, 7) is 2.23. The van der Waals surface area contributed by atoms with Crippen molar-refractivity contribution >= 4 is 45.0 Å². The van der Waals surface area contributed by atoms with E-state index in [2.05, 4.69) is 15.3 Å². The zero-order valence-electron chi connectivity index (χ0n) is 19.3. The first-order valence-electron chi connectivity index (χ1n) is 10.9. The molecule has 1 aromatic carbocycles. The van der Waals surface area contributed by atoms with Gasteiger partial charge in [0, 0.05) is 6.54 Å². The van der Waals surface area contributed by atoms with E-state index in [-0.39, 0.29) is 35.1 Å². The van der Waals surface area contributed by atoms with Crippen LogP contribution in [0.2, 0.25) is 0 Å². The van der Waals surface area contributed by atoms with E-state index < -0.39 is 34.9 Å². The summed E-state index contributed by atoms with van der Waals surface area (Å²) in [5.74, 6) is -2.51. The van der Waals surface area contributed by atoms with Gasteiger partial charge in [0.15, 0.2) is 5.01 Å². The van der Waals surface area contributed by atoms with E-state index in [1.165, 1.54) is 30.3 Å². The molecule has 13 heteroatoms. The number of piperidine rings is 1. The molecule has 0 saturated carbocycles. The van der Waals surface area contributed by atoms with Crippen molar-refractivity contribution in [1.29, 1.82) is 0 Å². The van der Waals surface area contributed by atoms with Crippen LogP contribution in [0.3, 0.4) is 0 Å². The summed E-state index contributed by atoms with van der Waals surface area (Å²) >= 11 is 0.550. The SMILES string of the molecule is COc1ncc(NC(=O)C(=O)N2CC(C)CCC2c2ccc3sc(C(F)(F)F)nc3c2)cc1C(N)=O. The maximum absolute atomic E-state index is 13.2. The molecule has 4 rings (SSSR count). The number of benzene rings is 1. The predicted octanol–water partition coefficient (Wildman–Crippen LogP) is 3.76. The van der Waals surface area contributed by atoms with Crippen molar-refractivity contribution in [2.24, 2.45) is 11.7 Å². The number of methoxy groups -OCH3 is 1. The molecule has 9 nitrogen and oxygen atoms in total. The number of pyridine rings is 1. The Kier molecular flexibility index (Phi) is 6.85. The standard InChI is InChI=1S/C23H22F3N5O4S/c1-11-3-5-16(12-4-6-17-15(7-12)30-22(36-17)23(24,25)26)31(10-11)21(34)19(33)29-13-8-14(18(27)32)20(35-2)28-9-13/h4,6-9,11,16H,3,5,10H2,1-2H3,(H2,27,32)(H,29,33). The van der Waals surface area contributed by atoms with Gasteiger partial charge in [-0.3, -0.25) is 14.4 Å². The molecule has 190 valence electrons. The van der Waals surface area contributed by atoms with Gasteiger partial charge in [-0.05, 0) is 42.5 Å². The average Bonchev–Trinajstić information content (AvgIpc) is 3.27. The summed E-state index contributed by atoms with van der Waals surface area (Å²) in [5, 5.41) is 1.49. The molecule has 0 spiro atoms. The van der Waals surface area contributed by atoms with E-state index in [1.54, 1.807) is 12.1 Å². The van der Waals surface area contributed by atoms with Gasteiger partial charge in [0.05, 0.1) is 35.3 Å². The third-order valence-electron chi connectivity index (χ3n) is 5.88. The molecule has 2 unspecified atom stereocenters. The van der Waals surface area contributed by atoms with Crippen LogP contribution in [-0.4, -0.2) is 46.2 Å². The number of fused-ring (bicyclic) bond motifs is 1. The van der Waals surface area contributed by atoms with Gasteiger partial charge in [-0.25, -0.2) is 9.97 Å². The minimum absolute atomic E-state index is 0.0251. The lowest BCUT2D eigenvalue weighted by Gasteiger charge is -2.38. The topological polar surface area (TPSA) is 128 Å². The number of nitrogens with two attached hydrogens (primary N) is 1. The van der Waals surface area contributed by atoms with Crippen LogP contribution in [0.4, 0.5) is 18.9 Å². The summed E-state index contributed by atoms with van der Waals surface area (Å²) in [6, 6.07) is 5.48. The number of anilines is 1. The van der Waals surface area contributed by atoms with E-state index in [0.717, 1.165) is 6.42 Å². The van der Waals surface area contributed by atoms with Crippen molar-refractivity contribution in [2.45, 2.75) is 32.0 Å². The fraction of sp³-hybridized carbons (Fsp3) is 0.348. The number of likely N-dealkylation sites (tertiary alicyclic amines) is 1. The molecule has 1 aliphatic rings. The molecule has 36 heavy (non-hydrogen) atoms. The summed E-state index contributed by atoms with van der Waals surface area (Å²) in [7, 11) is 1.31. The number of aromatic nitrogens is 2. The second-order valence-electron chi connectivity index (χ2n) is 8.50. The van der Waals surface area contributed by atoms with Crippen LogP contribution in [-0.2, 0) is 15.8 Å². The molecule has 0 radical (unpaired) electrons. The van der Waals surface area contributed by atoms with Crippen molar-refractivity contribution < 1.29 is 32.3 Å². The Morgan fingerprint density at radius 1 is 1.22 bits per heavy atom. The van der Waals surface area contributed by atoms with Crippen molar-refractivity contribution in [3.63, 3.8) is 0 Å². The molecule has 3 N–H and O–H groups in total. The van der Waals surface area contributed by atoms with Crippen LogP contribution < -0.4 is 15.8 Å². The smallest absolute Gasteiger partial charge is 0.443 e. The minimum atomic E-state index is -4.55. The zero-order valence-corrected chi connectivity index (χ0v) is 20.1. The minimum Gasteiger partial charge on any atom is -0.480 e. The molecule has 1 saturated heterocycles. The predicted molar refractivity (Wildman–Crippen MR) is 125 cm³/mol. The molecule has 0 bridgehead atoms. The number of alkyl halides is 3. The molecule has 3 aromatic rings. The van der Waals surface area contributed by atoms with Crippen LogP contribution in [0.15, 0.2) is 30.5 Å². The lowest BCUT2D eigenvalue weighted by atomic mass is 9.89. The Balaban J connectivity index is 1.59. The molecular weight excluding hydrogens is 499 g/mol. The normalized spacial score (nSPS) is 18.2. The fourth-order valence-electron chi connectivity index (χ4n) is 4.17. The number of primary amides is 1. The van der Waals surface area contributed by atoms with Gasteiger partial charge in [-0.1, -0.05) is 13.0 Å². The number of ether oxygens (including phenoxy) is 1. The molecule has 2 atom stereocenters. The van der Waals surface area contributed by atoms with E-state index >= 15 is 0 Å². The van der Waals surface area contributed by atoms with Crippen LogP contribution in [0, 0.1) is 5.92 Å². The van der Waals surface area contributed by atoms with Crippen LogP contribution in [0.25, 0.3) is 10.2 Å². The first-order chi connectivity index (χ1) is 17.0. The quantitative estimate of drug-likeness (QED) is 0.504. The van der Waals surface area contributed by atoms with Crippen molar-refractivity contribution in [3.8, 4) is 5.88 Å². The number of nitrogens with zero attached hydrogens (tertiary/aromatic N) is 3. The number of nitrogens with one attached hydrogen (secondary N) is 1. The Hall–Kier alpha value is -3.74. The Labute approximate surface area is 207 Å². The van der Waals surface area contributed by atoms with E-state index in [1.807, 2.05) is 6.92 Å². The Morgan fingerprint density at radius 2 is 1.97 bits per heavy atom. The Bertz CT molecular complexity index is 1340. The summed E-state index contributed by atoms with van der Waals surface area (Å²) in [5.41, 5.74) is 6.10. The van der Waals surface area contributed by atoms with Gasteiger partial charge in [-0.15, -0.1) is 11.3 Å². The maximum Gasteiger partial charge on any atom is 0.443 e. The first-order valence-corrected chi connectivity index (χ1v) is 11.7. The van der Waals surface area contributed by atoms with Crippen molar-refractivity contribution in [2.75, 3.05) is 19.0 Å². The van der Waals surface area contributed by atoms with Crippen LogP contribution in [0.1, 0.15) is 46.7 Å². The van der Waals surface area contributed by atoms with Gasteiger partial charge in [0.1, 0.15) is 5.56 Å². The summed E-state index contributed by atoms with van der Waals surface area (Å²) in [6.07, 6.45) is -2.03. The lowest BCUT2D eigenvalue weighted by molar-refractivity contribution is -0.146. The third kappa shape index (κ3) is 5.10. The number of carbonyl (C=O) groups is 3. The number of carbonyl (C=O) groups excluding carboxylic acids is 3. The number of rotatable bonds is 4. The Morgan fingerprint density at radius 3 is 2.64 bits per heavy atom. The van der Waals surface area contributed by atoms with E-state index in [0.29, 0.717) is 28.0 Å². The van der Waals surface area contributed by atoms with Crippen molar-refractivity contribution in [1.82, 2.24) is 14.9 Å². The van der Waals surface area contributed by atoms with Gasteiger partial charge in [-0.2, -0.15) is 13.2 Å². The molecule has 3 amide bonds. The number of hydrogen-bond acceptors (Lipinski definition) is 7. The van der Waals surface area contributed by atoms with Crippen molar-refractivity contribution in [3.05, 3.63) is 46.6 Å². The lowest BCUT2D eigenvalue weighted by Crippen LogP contribution is -2.46. The zero-order chi connectivity index (χ0) is 26.2. The highest BCUT2D eigenvalue weighted by Gasteiger charge is 2.36. The second kappa shape index (κ2) is 9.72.